The van der Waals surface area contributed by atoms with Crippen molar-refractivity contribution < 1.29 is 9.90 Å². The highest BCUT2D eigenvalue weighted by atomic mass is 32.1. The minimum atomic E-state index is 0.106. The molecule has 0 bridgehead atoms. The summed E-state index contributed by atoms with van der Waals surface area (Å²) in [7, 11) is 2.06. The topological polar surface area (TPSA) is 52.6 Å². The van der Waals surface area contributed by atoms with E-state index in [4.69, 9.17) is 5.11 Å². The van der Waals surface area contributed by atoms with E-state index < -0.39 is 0 Å². The lowest BCUT2D eigenvalue weighted by Crippen LogP contribution is -2.43. The predicted octanol–water partition coefficient (Wildman–Crippen LogP) is 3.23. The molecule has 1 amide bonds. The minimum absolute atomic E-state index is 0.106. The fraction of sp³-hybridized carbons (Fsp3) is 0.750. The van der Waals surface area contributed by atoms with E-state index in [1.54, 1.807) is 11.3 Å². The summed E-state index contributed by atoms with van der Waals surface area (Å²) in [6, 6.07) is 2.14. The molecule has 2 aliphatic carbocycles. The van der Waals surface area contributed by atoms with Crippen molar-refractivity contribution in [2.24, 2.45) is 5.41 Å². The summed E-state index contributed by atoms with van der Waals surface area (Å²) in [6.45, 7) is 2.60. The molecule has 5 heteroatoms. The molecule has 2 N–H and O–H groups in total. The molecule has 0 unspecified atom stereocenters. The van der Waals surface area contributed by atoms with Crippen LogP contribution in [0.1, 0.15) is 65.1 Å². The molecule has 1 fully saturated rings. The first-order valence-corrected chi connectivity index (χ1v) is 10.6. The van der Waals surface area contributed by atoms with Crippen LogP contribution in [-0.2, 0) is 12.8 Å². The van der Waals surface area contributed by atoms with Crippen LogP contribution in [0.3, 0.4) is 0 Å². The molecule has 140 valence electrons. The number of thiophene rings is 1. The summed E-state index contributed by atoms with van der Waals surface area (Å²) in [5.41, 5.74) is 1.58. The lowest BCUT2D eigenvalue weighted by Gasteiger charge is -2.33. The molecule has 0 radical (unpaired) electrons. The predicted molar refractivity (Wildman–Crippen MR) is 103 cm³/mol. The van der Waals surface area contributed by atoms with Crippen LogP contribution in [0.2, 0.25) is 0 Å². The van der Waals surface area contributed by atoms with Gasteiger partial charge < -0.3 is 15.3 Å². The number of amides is 1. The van der Waals surface area contributed by atoms with Crippen LogP contribution >= 0.6 is 11.3 Å². The number of aliphatic hydroxyl groups excluding tert-OH is 1. The Bertz CT molecular complexity index is 555. The van der Waals surface area contributed by atoms with Gasteiger partial charge in [-0.05, 0) is 57.2 Å². The lowest BCUT2D eigenvalue weighted by molar-refractivity contribution is 0.0909. The van der Waals surface area contributed by atoms with Gasteiger partial charge in [0.2, 0.25) is 0 Å². The summed E-state index contributed by atoms with van der Waals surface area (Å²) >= 11 is 1.70. The van der Waals surface area contributed by atoms with E-state index in [2.05, 4.69) is 23.3 Å². The van der Waals surface area contributed by atoms with Crippen LogP contribution in [0.25, 0.3) is 0 Å². The highest BCUT2D eigenvalue weighted by Gasteiger charge is 2.35. The molecule has 1 heterocycles. The first-order valence-electron chi connectivity index (χ1n) is 9.81. The van der Waals surface area contributed by atoms with Crippen LogP contribution in [0.5, 0.6) is 0 Å². The smallest absolute Gasteiger partial charge is 0.261 e. The van der Waals surface area contributed by atoms with Crippen molar-refractivity contribution in [1.82, 2.24) is 10.2 Å². The number of aryl methyl sites for hydroxylation is 2. The minimum Gasteiger partial charge on any atom is -0.395 e. The summed E-state index contributed by atoms with van der Waals surface area (Å²) in [5.74, 6) is 0.106. The third-order valence-corrected chi connectivity index (χ3v) is 7.08. The molecule has 2 aliphatic rings. The second kappa shape index (κ2) is 8.65. The van der Waals surface area contributed by atoms with Gasteiger partial charge in [-0.25, -0.2) is 0 Å². The Labute approximate surface area is 155 Å². The zero-order chi connectivity index (χ0) is 17.7. The standard InChI is InChI=1S/C20H32N2O2S/c1-22(11-12-23)15-20(9-5-6-10-20)14-21-19(24)18-13-16-7-3-2-4-8-17(16)25-18/h13,23H,2-12,14-15H2,1H3,(H,21,24). The number of nitrogens with one attached hydrogen (secondary N) is 1. The molecular weight excluding hydrogens is 332 g/mol. The van der Waals surface area contributed by atoms with E-state index in [0.29, 0.717) is 6.54 Å². The molecule has 0 atom stereocenters. The number of likely N-dealkylation sites (N-methyl/N-ethyl adjacent to an activating group) is 1. The third-order valence-electron chi connectivity index (χ3n) is 5.85. The zero-order valence-corrected chi connectivity index (χ0v) is 16.3. The van der Waals surface area contributed by atoms with Crippen molar-refractivity contribution in [3.8, 4) is 0 Å². The third kappa shape index (κ3) is 4.83. The first-order chi connectivity index (χ1) is 12.1. The van der Waals surface area contributed by atoms with Crippen LogP contribution in [-0.4, -0.2) is 49.2 Å². The monoisotopic (exact) mass is 364 g/mol. The van der Waals surface area contributed by atoms with E-state index in [9.17, 15) is 4.79 Å². The first kappa shape index (κ1) is 18.9. The van der Waals surface area contributed by atoms with Gasteiger partial charge in [0.1, 0.15) is 0 Å². The highest BCUT2D eigenvalue weighted by molar-refractivity contribution is 7.14. The molecule has 4 nitrogen and oxygen atoms in total. The normalized spacial score (nSPS) is 19.6. The maximum absolute atomic E-state index is 12.7. The second-order valence-electron chi connectivity index (χ2n) is 7.97. The number of fused-ring (bicyclic) bond motifs is 1. The van der Waals surface area contributed by atoms with Crippen molar-refractivity contribution in [3.63, 3.8) is 0 Å². The van der Waals surface area contributed by atoms with Gasteiger partial charge in [-0.3, -0.25) is 4.79 Å². The van der Waals surface area contributed by atoms with Crippen LogP contribution in [0.4, 0.5) is 0 Å². The SMILES string of the molecule is CN(CCO)CC1(CNC(=O)c2cc3c(s2)CCCCC3)CCCC1. The van der Waals surface area contributed by atoms with Crippen molar-refractivity contribution >= 4 is 17.2 Å². The average Bonchev–Trinajstić information content (AvgIpc) is 3.15. The maximum Gasteiger partial charge on any atom is 0.261 e. The average molecular weight is 365 g/mol. The van der Waals surface area contributed by atoms with E-state index in [-0.39, 0.29) is 17.9 Å². The summed E-state index contributed by atoms with van der Waals surface area (Å²) in [5, 5.41) is 12.4. The zero-order valence-electron chi connectivity index (χ0n) is 15.5. The molecule has 1 saturated carbocycles. The summed E-state index contributed by atoms with van der Waals surface area (Å²) in [6.07, 6.45) is 10.9. The molecule has 0 aromatic carbocycles. The van der Waals surface area contributed by atoms with Crippen molar-refractivity contribution in [3.05, 3.63) is 21.4 Å². The van der Waals surface area contributed by atoms with Gasteiger partial charge in [-0.15, -0.1) is 11.3 Å². The van der Waals surface area contributed by atoms with E-state index in [0.717, 1.165) is 30.8 Å². The number of aliphatic hydroxyl groups is 1. The number of rotatable bonds is 7. The Morgan fingerprint density at radius 3 is 2.76 bits per heavy atom. The summed E-state index contributed by atoms with van der Waals surface area (Å²) < 4.78 is 0. The van der Waals surface area contributed by atoms with E-state index in [1.165, 1.54) is 55.4 Å². The van der Waals surface area contributed by atoms with Gasteiger partial charge >= 0.3 is 0 Å². The molecule has 0 spiro atoms. The van der Waals surface area contributed by atoms with Crippen LogP contribution in [0.15, 0.2) is 6.07 Å². The highest BCUT2D eigenvalue weighted by Crippen LogP contribution is 2.38. The number of hydrogen-bond acceptors (Lipinski definition) is 4. The second-order valence-corrected chi connectivity index (χ2v) is 9.11. The summed E-state index contributed by atoms with van der Waals surface area (Å²) in [4.78, 5) is 17.2. The van der Waals surface area contributed by atoms with Gasteiger partial charge in [0.25, 0.3) is 5.91 Å². The molecular formula is C20H32N2O2S. The Kier molecular flexibility index (Phi) is 6.53. The molecule has 25 heavy (non-hydrogen) atoms. The Hall–Kier alpha value is -0.910. The van der Waals surface area contributed by atoms with Gasteiger partial charge in [0, 0.05) is 29.9 Å². The number of nitrogens with zero attached hydrogens (tertiary/aromatic N) is 1. The molecule has 1 aromatic heterocycles. The molecule has 3 rings (SSSR count). The van der Waals surface area contributed by atoms with Gasteiger partial charge in [0.15, 0.2) is 0 Å². The van der Waals surface area contributed by atoms with Crippen molar-refractivity contribution in [2.45, 2.75) is 57.8 Å². The van der Waals surface area contributed by atoms with Crippen LogP contribution in [0, 0.1) is 5.41 Å². The van der Waals surface area contributed by atoms with E-state index >= 15 is 0 Å². The molecule has 0 aliphatic heterocycles. The molecule has 1 aromatic rings. The van der Waals surface area contributed by atoms with Gasteiger partial charge in [-0.1, -0.05) is 19.3 Å². The molecule has 0 saturated heterocycles. The fourth-order valence-corrected chi connectivity index (χ4v) is 5.64. The Balaban J connectivity index is 1.60. The van der Waals surface area contributed by atoms with E-state index in [1.807, 2.05) is 0 Å². The van der Waals surface area contributed by atoms with Crippen LogP contribution < -0.4 is 5.32 Å². The number of carbonyl (C=O) groups is 1. The van der Waals surface area contributed by atoms with Crippen molar-refractivity contribution in [2.75, 3.05) is 33.3 Å². The van der Waals surface area contributed by atoms with Crippen molar-refractivity contribution in [1.29, 1.82) is 0 Å². The largest absolute Gasteiger partial charge is 0.395 e. The van der Waals surface area contributed by atoms with Gasteiger partial charge in [-0.2, -0.15) is 0 Å². The number of hydrogen-bond donors (Lipinski definition) is 2. The Morgan fingerprint density at radius 1 is 1.24 bits per heavy atom. The quantitative estimate of drug-likeness (QED) is 0.731. The maximum atomic E-state index is 12.7. The fourth-order valence-electron chi connectivity index (χ4n) is 4.47. The van der Waals surface area contributed by atoms with Gasteiger partial charge in [0.05, 0.1) is 11.5 Å². The number of carbonyl (C=O) groups excluding carboxylic acids is 1. The lowest BCUT2D eigenvalue weighted by atomic mass is 9.85. The Morgan fingerprint density at radius 2 is 2.00 bits per heavy atom.